The second-order valence-corrected chi connectivity index (χ2v) is 7.52. The molecule has 4 aromatic rings. The van der Waals surface area contributed by atoms with E-state index in [1.165, 1.54) is 0 Å². The lowest BCUT2D eigenvalue weighted by Crippen LogP contribution is -2.16. The number of carbonyl (C=O) groups is 1. The van der Waals surface area contributed by atoms with E-state index >= 15 is 0 Å². The van der Waals surface area contributed by atoms with Crippen molar-refractivity contribution >= 4 is 16.9 Å². The molecule has 0 atom stereocenters. The first-order valence-corrected chi connectivity index (χ1v) is 9.93. The molecule has 1 aromatic heterocycles. The maximum Gasteiger partial charge on any atom is 0.343 e. The fourth-order valence-electron chi connectivity index (χ4n) is 3.38. The highest BCUT2D eigenvalue weighted by atomic mass is 16.5. The van der Waals surface area contributed by atoms with Crippen LogP contribution >= 0.6 is 0 Å². The van der Waals surface area contributed by atoms with Crippen LogP contribution in [-0.4, -0.2) is 5.97 Å². The number of para-hydroxylation sites is 1. The summed E-state index contributed by atoms with van der Waals surface area (Å²) in [6.07, 6.45) is 0.308. The maximum absolute atomic E-state index is 12.9. The molecule has 0 N–H and O–H groups in total. The van der Waals surface area contributed by atoms with Crippen LogP contribution in [0.15, 0.2) is 88.1 Å². The Balaban J connectivity index is 1.76. The molecule has 0 aliphatic heterocycles. The number of rotatable bonds is 5. The van der Waals surface area contributed by atoms with Crippen LogP contribution in [0, 0.1) is 0 Å². The lowest BCUT2D eigenvalue weighted by atomic mass is 10.0. The summed E-state index contributed by atoms with van der Waals surface area (Å²) >= 11 is 0. The normalized spacial score (nSPS) is 11.0. The number of ether oxygens (including phenoxy) is 1. The van der Waals surface area contributed by atoms with Crippen molar-refractivity contribution in [3.05, 3.63) is 112 Å². The number of fused-ring (bicyclic) bond motifs is 1. The third-order valence-electron chi connectivity index (χ3n) is 5.09. The van der Waals surface area contributed by atoms with E-state index in [0.29, 0.717) is 34.4 Å². The summed E-state index contributed by atoms with van der Waals surface area (Å²) < 4.78 is 11.3. The molecule has 30 heavy (non-hydrogen) atoms. The Morgan fingerprint density at radius 2 is 1.57 bits per heavy atom. The molecule has 0 bridgehead atoms. The Morgan fingerprint density at radius 3 is 2.27 bits per heavy atom. The molecular formula is C26H22O4. The van der Waals surface area contributed by atoms with Crippen LogP contribution in [0.2, 0.25) is 0 Å². The van der Waals surface area contributed by atoms with Gasteiger partial charge >= 0.3 is 11.6 Å². The first kappa shape index (κ1) is 19.6. The highest BCUT2D eigenvalue weighted by Crippen LogP contribution is 2.30. The van der Waals surface area contributed by atoms with E-state index in [4.69, 9.17) is 9.15 Å². The van der Waals surface area contributed by atoms with E-state index in [0.717, 1.165) is 11.1 Å². The molecule has 0 spiro atoms. The van der Waals surface area contributed by atoms with Gasteiger partial charge < -0.3 is 9.15 Å². The van der Waals surface area contributed by atoms with Crippen molar-refractivity contribution in [2.75, 3.05) is 0 Å². The van der Waals surface area contributed by atoms with Crippen LogP contribution in [0.3, 0.4) is 0 Å². The molecule has 4 rings (SSSR count). The minimum atomic E-state index is -0.504. The van der Waals surface area contributed by atoms with Gasteiger partial charge in [0.1, 0.15) is 5.58 Å². The Labute approximate surface area is 174 Å². The van der Waals surface area contributed by atoms with Crippen molar-refractivity contribution in [2.45, 2.75) is 26.2 Å². The summed E-state index contributed by atoms with van der Waals surface area (Å²) in [7, 11) is 0. The van der Waals surface area contributed by atoms with Crippen molar-refractivity contribution < 1.29 is 13.9 Å². The topological polar surface area (TPSA) is 56.5 Å². The molecule has 0 amide bonds. The van der Waals surface area contributed by atoms with Crippen LogP contribution in [0.1, 0.15) is 46.8 Å². The molecule has 4 heteroatoms. The number of benzene rings is 3. The lowest BCUT2D eigenvalue weighted by Gasteiger charge is -2.12. The van der Waals surface area contributed by atoms with Gasteiger partial charge in [-0.1, -0.05) is 68.4 Å². The van der Waals surface area contributed by atoms with Crippen LogP contribution in [0.5, 0.6) is 5.75 Å². The van der Waals surface area contributed by atoms with Gasteiger partial charge in [0, 0.05) is 6.42 Å². The quantitative estimate of drug-likeness (QED) is 0.318. The number of esters is 1. The SMILES string of the molecule is CC(C)c1ccc(C(=O)Oc2c(Cc3ccccc3)c(=O)oc3ccccc23)cc1. The molecule has 4 nitrogen and oxygen atoms in total. The fraction of sp³-hybridized carbons (Fsp3) is 0.154. The largest absolute Gasteiger partial charge is 0.422 e. The van der Waals surface area contributed by atoms with E-state index < -0.39 is 11.6 Å². The van der Waals surface area contributed by atoms with Gasteiger partial charge in [0.15, 0.2) is 5.75 Å². The van der Waals surface area contributed by atoms with E-state index in [1.54, 1.807) is 30.3 Å². The first-order chi connectivity index (χ1) is 14.5. The Bertz CT molecular complexity index is 1240. The zero-order valence-electron chi connectivity index (χ0n) is 16.9. The molecule has 0 unspecified atom stereocenters. The van der Waals surface area contributed by atoms with E-state index in [1.807, 2.05) is 48.5 Å². The average Bonchev–Trinajstić information content (AvgIpc) is 2.76. The molecule has 0 fully saturated rings. The fourth-order valence-corrected chi connectivity index (χ4v) is 3.38. The Morgan fingerprint density at radius 1 is 0.900 bits per heavy atom. The van der Waals surface area contributed by atoms with Crippen LogP contribution < -0.4 is 10.4 Å². The predicted molar refractivity (Wildman–Crippen MR) is 117 cm³/mol. The summed E-state index contributed by atoms with van der Waals surface area (Å²) in [5.74, 6) is 0.120. The van der Waals surface area contributed by atoms with Crippen LogP contribution in [0.4, 0.5) is 0 Å². The van der Waals surface area contributed by atoms with Gasteiger partial charge in [0.05, 0.1) is 16.5 Å². The number of carbonyl (C=O) groups excluding carboxylic acids is 1. The lowest BCUT2D eigenvalue weighted by molar-refractivity contribution is 0.0735. The number of hydrogen-bond acceptors (Lipinski definition) is 4. The summed E-state index contributed by atoms with van der Waals surface area (Å²) in [4.78, 5) is 25.6. The van der Waals surface area contributed by atoms with Gasteiger partial charge in [0.25, 0.3) is 0 Å². The Kier molecular flexibility index (Phi) is 5.48. The standard InChI is InChI=1S/C26H22O4/c1-17(2)19-12-14-20(15-13-19)25(27)30-24-21-10-6-7-11-23(21)29-26(28)22(24)16-18-8-4-3-5-9-18/h3-15,17H,16H2,1-2H3. The second-order valence-electron chi connectivity index (χ2n) is 7.52. The molecule has 0 aliphatic carbocycles. The zero-order valence-corrected chi connectivity index (χ0v) is 16.9. The van der Waals surface area contributed by atoms with Gasteiger partial charge in [-0.05, 0) is 41.3 Å². The summed E-state index contributed by atoms with van der Waals surface area (Å²) in [5, 5.41) is 0.593. The highest BCUT2D eigenvalue weighted by Gasteiger charge is 2.20. The highest BCUT2D eigenvalue weighted by molar-refractivity contribution is 5.94. The van der Waals surface area contributed by atoms with Gasteiger partial charge in [-0.2, -0.15) is 0 Å². The first-order valence-electron chi connectivity index (χ1n) is 9.93. The minimum Gasteiger partial charge on any atom is -0.422 e. The maximum atomic E-state index is 12.9. The van der Waals surface area contributed by atoms with Crippen molar-refractivity contribution in [2.24, 2.45) is 0 Å². The number of hydrogen-bond donors (Lipinski definition) is 0. The summed E-state index contributed by atoms with van der Waals surface area (Å²) in [6.45, 7) is 4.19. The van der Waals surface area contributed by atoms with Gasteiger partial charge in [0.2, 0.25) is 0 Å². The van der Waals surface area contributed by atoms with E-state index in [2.05, 4.69) is 13.8 Å². The van der Waals surface area contributed by atoms with E-state index in [9.17, 15) is 9.59 Å². The van der Waals surface area contributed by atoms with Crippen LogP contribution in [-0.2, 0) is 6.42 Å². The van der Waals surface area contributed by atoms with Crippen LogP contribution in [0.25, 0.3) is 11.0 Å². The van der Waals surface area contributed by atoms with Crippen molar-refractivity contribution in [3.8, 4) is 5.75 Å². The van der Waals surface area contributed by atoms with E-state index in [-0.39, 0.29) is 5.75 Å². The van der Waals surface area contributed by atoms with Crippen molar-refractivity contribution in [1.82, 2.24) is 0 Å². The molecule has 0 aliphatic rings. The third-order valence-corrected chi connectivity index (χ3v) is 5.09. The molecule has 0 saturated heterocycles. The summed E-state index contributed by atoms with van der Waals surface area (Å²) in [5.41, 5.74) is 2.71. The van der Waals surface area contributed by atoms with Gasteiger partial charge in [-0.25, -0.2) is 9.59 Å². The molecule has 0 saturated carbocycles. The molecule has 3 aromatic carbocycles. The molecule has 0 radical (unpaired) electrons. The smallest absolute Gasteiger partial charge is 0.343 e. The minimum absolute atomic E-state index is 0.253. The Hall–Kier alpha value is -3.66. The predicted octanol–water partition coefficient (Wildman–Crippen LogP) is 5.73. The average molecular weight is 398 g/mol. The summed E-state index contributed by atoms with van der Waals surface area (Å²) in [6, 6.07) is 24.0. The van der Waals surface area contributed by atoms with Crippen molar-refractivity contribution in [3.63, 3.8) is 0 Å². The van der Waals surface area contributed by atoms with Gasteiger partial charge in [-0.15, -0.1) is 0 Å². The monoisotopic (exact) mass is 398 g/mol. The molecule has 150 valence electrons. The molecule has 1 heterocycles. The third kappa shape index (κ3) is 4.03. The zero-order chi connectivity index (χ0) is 21.1. The van der Waals surface area contributed by atoms with Gasteiger partial charge in [-0.3, -0.25) is 0 Å². The van der Waals surface area contributed by atoms with Crippen molar-refractivity contribution in [1.29, 1.82) is 0 Å². The second kappa shape index (κ2) is 8.37. The molecular weight excluding hydrogens is 376 g/mol.